The van der Waals surface area contributed by atoms with Crippen LogP contribution in [0.1, 0.15) is 30.8 Å². The second-order valence-electron chi connectivity index (χ2n) is 5.17. The number of hydrogen-bond acceptors (Lipinski definition) is 4. The maximum Gasteiger partial charge on any atom is 0.346 e. The van der Waals surface area contributed by atoms with Crippen LogP contribution in [0.25, 0.3) is 0 Å². The summed E-state index contributed by atoms with van der Waals surface area (Å²) in [7, 11) is 0. The number of amides is 1. The zero-order valence-corrected chi connectivity index (χ0v) is 11.7. The molecule has 0 radical (unpaired) electrons. The second kappa shape index (κ2) is 5.99. The standard InChI is InChI=1S/C14H18N4O3/c19-13(15-9-11-5-4-8-21-11)10-18-14(20)17-7-3-1-2-6-12(17)16-18/h4-5,8H,1-3,6-7,9-10H2,(H,15,19). The van der Waals surface area contributed by atoms with Crippen molar-refractivity contribution in [3.63, 3.8) is 0 Å². The number of nitrogens with zero attached hydrogens (tertiary/aromatic N) is 3. The molecular weight excluding hydrogens is 272 g/mol. The second-order valence-corrected chi connectivity index (χ2v) is 5.17. The predicted molar refractivity (Wildman–Crippen MR) is 74.6 cm³/mol. The molecule has 1 aliphatic rings. The number of hydrogen-bond donors (Lipinski definition) is 1. The van der Waals surface area contributed by atoms with Gasteiger partial charge < -0.3 is 9.73 Å². The summed E-state index contributed by atoms with van der Waals surface area (Å²) < 4.78 is 8.07. The molecule has 112 valence electrons. The van der Waals surface area contributed by atoms with Crippen molar-refractivity contribution in [2.45, 2.75) is 45.3 Å². The van der Waals surface area contributed by atoms with Gasteiger partial charge in [0.25, 0.3) is 0 Å². The zero-order chi connectivity index (χ0) is 14.7. The molecule has 0 saturated heterocycles. The van der Waals surface area contributed by atoms with Gasteiger partial charge in [0.15, 0.2) is 0 Å². The minimum Gasteiger partial charge on any atom is -0.467 e. The molecule has 2 aromatic heterocycles. The van der Waals surface area contributed by atoms with Crippen molar-refractivity contribution < 1.29 is 9.21 Å². The number of carbonyl (C=O) groups is 1. The first-order chi connectivity index (χ1) is 10.2. The fourth-order valence-electron chi connectivity index (χ4n) is 2.52. The molecule has 21 heavy (non-hydrogen) atoms. The van der Waals surface area contributed by atoms with Crippen molar-refractivity contribution in [3.8, 4) is 0 Å². The SMILES string of the molecule is O=C(Cn1nc2n(c1=O)CCCCC2)NCc1ccco1. The molecule has 7 heteroatoms. The summed E-state index contributed by atoms with van der Waals surface area (Å²) in [6.45, 7) is 0.954. The highest BCUT2D eigenvalue weighted by Crippen LogP contribution is 2.10. The van der Waals surface area contributed by atoms with E-state index >= 15 is 0 Å². The van der Waals surface area contributed by atoms with Crippen LogP contribution in [0.15, 0.2) is 27.6 Å². The number of furan rings is 1. The molecule has 0 unspecified atom stereocenters. The summed E-state index contributed by atoms with van der Waals surface area (Å²) in [5.41, 5.74) is -0.194. The quantitative estimate of drug-likeness (QED) is 0.897. The molecule has 0 fully saturated rings. The summed E-state index contributed by atoms with van der Waals surface area (Å²) in [6.07, 6.45) is 5.51. The largest absolute Gasteiger partial charge is 0.467 e. The zero-order valence-electron chi connectivity index (χ0n) is 11.7. The Morgan fingerprint density at radius 2 is 2.29 bits per heavy atom. The topological polar surface area (TPSA) is 82.1 Å². The van der Waals surface area contributed by atoms with Gasteiger partial charge in [0.05, 0.1) is 12.8 Å². The summed E-state index contributed by atoms with van der Waals surface area (Å²) in [6, 6.07) is 3.55. The fourth-order valence-corrected chi connectivity index (χ4v) is 2.52. The number of fused-ring (bicyclic) bond motifs is 1. The maximum atomic E-state index is 12.2. The number of carbonyl (C=O) groups excluding carboxylic acids is 1. The maximum absolute atomic E-state index is 12.2. The Labute approximate surface area is 121 Å². The Morgan fingerprint density at radius 3 is 3.10 bits per heavy atom. The summed E-state index contributed by atoms with van der Waals surface area (Å²) in [4.78, 5) is 24.1. The van der Waals surface area contributed by atoms with E-state index in [1.165, 1.54) is 4.68 Å². The van der Waals surface area contributed by atoms with E-state index in [4.69, 9.17) is 4.42 Å². The molecular formula is C14H18N4O3. The lowest BCUT2D eigenvalue weighted by atomic mass is 10.2. The van der Waals surface area contributed by atoms with Crippen LogP contribution in [-0.2, 0) is 30.8 Å². The van der Waals surface area contributed by atoms with Gasteiger partial charge in [-0.05, 0) is 25.0 Å². The van der Waals surface area contributed by atoms with Crippen LogP contribution in [0.3, 0.4) is 0 Å². The molecule has 3 heterocycles. The molecule has 0 bridgehead atoms. The Kier molecular flexibility index (Phi) is 3.89. The minimum absolute atomic E-state index is 0.0560. The molecule has 2 aromatic rings. The average molecular weight is 290 g/mol. The Morgan fingerprint density at radius 1 is 1.38 bits per heavy atom. The van der Waals surface area contributed by atoms with Crippen LogP contribution in [0.5, 0.6) is 0 Å². The molecule has 3 rings (SSSR count). The van der Waals surface area contributed by atoms with Crippen molar-refractivity contribution in [2.24, 2.45) is 0 Å². The van der Waals surface area contributed by atoms with Crippen molar-refractivity contribution in [1.82, 2.24) is 19.7 Å². The number of aryl methyl sites for hydroxylation is 1. The van der Waals surface area contributed by atoms with Gasteiger partial charge in [-0.2, -0.15) is 5.10 Å². The lowest BCUT2D eigenvalue weighted by Gasteiger charge is -2.02. The van der Waals surface area contributed by atoms with Crippen molar-refractivity contribution in [2.75, 3.05) is 0 Å². The van der Waals surface area contributed by atoms with Crippen LogP contribution in [-0.4, -0.2) is 20.3 Å². The molecule has 1 aliphatic heterocycles. The third kappa shape index (κ3) is 3.07. The third-order valence-corrected chi connectivity index (χ3v) is 3.61. The first kappa shape index (κ1) is 13.7. The molecule has 0 atom stereocenters. The van der Waals surface area contributed by atoms with E-state index in [1.807, 2.05) is 0 Å². The number of nitrogens with one attached hydrogen (secondary N) is 1. The Hall–Kier alpha value is -2.31. The fraction of sp³-hybridized carbons (Fsp3) is 0.500. The van der Waals surface area contributed by atoms with Gasteiger partial charge in [-0.1, -0.05) is 6.42 Å². The predicted octanol–water partition coefficient (Wildman–Crippen LogP) is 0.681. The highest BCUT2D eigenvalue weighted by molar-refractivity contribution is 5.75. The van der Waals surface area contributed by atoms with Gasteiger partial charge in [0, 0.05) is 13.0 Å². The van der Waals surface area contributed by atoms with Crippen molar-refractivity contribution in [3.05, 3.63) is 40.5 Å². The van der Waals surface area contributed by atoms with Crippen molar-refractivity contribution in [1.29, 1.82) is 0 Å². The van der Waals surface area contributed by atoms with Crippen molar-refractivity contribution >= 4 is 5.91 Å². The molecule has 0 spiro atoms. The van der Waals surface area contributed by atoms with Gasteiger partial charge in [-0.25, -0.2) is 9.48 Å². The summed E-state index contributed by atoms with van der Waals surface area (Å²) in [5.74, 6) is 1.22. The molecule has 0 aromatic carbocycles. The van der Waals surface area contributed by atoms with E-state index in [1.54, 1.807) is 23.0 Å². The first-order valence-electron chi connectivity index (χ1n) is 7.19. The number of rotatable bonds is 4. The summed E-state index contributed by atoms with van der Waals surface area (Å²) >= 11 is 0. The van der Waals surface area contributed by atoms with Crippen LogP contribution < -0.4 is 11.0 Å². The van der Waals surface area contributed by atoms with E-state index in [-0.39, 0.29) is 18.1 Å². The van der Waals surface area contributed by atoms with Crippen LogP contribution in [0.2, 0.25) is 0 Å². The van der Waals surface area contributed by atoms with E-state index in [0.29, 0.717) is 18.8 Å². The minimum atomic E-state index is -0.248. The third-order valence-electron chi connectivity index (χ3n) is 3.61. The van der Waals surface area contributed by atoms with Crippen LogP contribution >= 0.6 is 0 Å². The highest BCUT2D eigenvalue weighted by Gasteiger charge is 2.17. The summed E-state index contributed by atoms with van der Waals surface area (Å²) in [5, 5.41) is 6.99. The number of aromatic nitrogens is 3. The van der Waals surface area contributed by atoms with Gasteiger partial charge in [-0.3, -0.25) is 9.36 Å². The van der Waals surface area contributed by atoms with Crippen LogP contribution in [0, 0.1) is 0 Å². The van der Waals surface area contributed by atoms with E-state index < -0.39 is 0 Å². The van der Waals surface area contributed by atoms with Gasteiger partial charge in [0.1, 0.15) is 18.1 Å². The smallest absolute Gasteiger partial charge is 0.346 e. The monoisotopic (exact) mass is 290 g/mol. The van der Waals surface area contributed by atoms with Gasteiger partial charge in [0.2, 0.25) is 5.91 Å². The van der Waals surface area contributed by atoms with E-state index in [0.717, 1.165) is 31.5 Å². The normalized spacial score (nSPS) is 14.5. The first-order valence-corrected chi connectivity index (χ1v) is 7.19. The average Bonchev–Trinajstić information content (AvgIpc) is 3.01. The Bertz CT molecular complexity index is 669. The molecule has 7 nitrogen and oxygen atoms in total. The Balaban J connectivity index is 1.65. The lowest BCUT2D eigenvalue weighted by Crippen LogP contribution is -2.33. The lowest BCUT2D eigenvalue weighted by molar-refractivity contribution is -0.122. The van der Waals surface area contributed by atoms with E-state index in [2.05, 4.69) is 10.4 Å². The highest BCUT2D eigenvalue weighted by atomic mass is 16.3. The van der Waals surface area contributed by atoms with Crippen LogP contribution in [0.4, 0.5) is 0 Å². The molecule has 0 aliphatic carbocycles. The van der Waals surface area contributed by atoms with E-state index in [9.17, 15) is 9.59 Å². The van der Waals surface area contributed by atoms with Gasteiger partial charge >= 0.3 is 5.69 Å². The molecule has 0 saturated carbocycles. The van der Waals surface area contributed by atoms with Gasteiger partial charge in [-0.15, -0.1) is 0 Å². The molecule has 1 N–H and O–H groups in total. The molecule has 1 amide bonds.